The van der Waals surface area contributed by atoms with Gasteiger partial charge >= 0.3 is 0 Å². The van der Waals surface area contributed by atoms with Crippen LogP contribution in [-0.2, 0) is 5.54 Å². The van der Waals surface area contributed by atoms with E-state index >= 15 is 0 Å². The predicted octanol–water partition coefficient (Wildman–Crippen LogP) is 2.48. The van der Waals surface area contributed by atoms with E-state index in [1.807, 2.05) is 13.0 Å². The summed E-state index contributed by atoms with van der Waals surface area (Å²) in [5.41, 5.74) is 7.02. The lowest BCUT2D eigenvalue weighted by Gasteiger charge is -2.39. The third-order valence-corrected chi connectivity index (χ3v) is 3.16. The Kier molecular flexibility index (Phi) is 2.43. The highest BCUT2D eigenvalue weighted by Crippen LogP contribution is 2.44. The minimum atomic E-state index is -0.511. The summed E-state index contributed by atoms with van der Waals surface area (Å²) in [6, 6.07) is 3.36. The molecule has 1 fully saturated rings. The molecular formula is C12H16FNO. The fourth-order valence-electron chi connectivity index (χ4n) is 2.16. The van der Waals surface area contributed by atoms with Crippen LogP contribution in [0.25, 0.3) is 0 Å². The van der Waals surface area contributed by atoms with E-state index in [1.165, 1.54) is 6.07 Å². The van der Waals surface area contributed by atoms with E-state index in [2.05, 4.69) is 0 Å². The topological polar surface area (TPSA) is 35.2 Å². The Labute approximate surface area is 89.2 Å². The van der Waals surface area contributed by atoms with Gasteiger partial charge in [0.15, 0.2) is 0 Å². The molecule has 82 valence electrons. The molecule has 1 saturated carbocycles. The van der Waals surface area contributed by atoms with Crippen LogP contribution in [0.3, 0.4) is 0 Å². The molecule has 0 unspecified atom stereocenters. The molecule has 3 heteroatoms. The first kappa shape index (κ1) is 10.4. The number of nitrogens with two attached hydrogens (primary N) is 1. The van der Waals surface area contributed by atoms with Gasteiger partial charge in [-0.2, -0.15) is 0 Å². The summed E-state index contributed by atoms with van der Waals surface area (Å²) in [4.78, 5) is 0. The molecule has 0 bridgehead atoms. The van der Waals surface area contributed by atoms with Crippen molar-refractivity contribution in [2.45, 2.75) is 31.7 Å². The highest BCUT2D eigenvalue weighted by molar-refractivity contribution is 5.44. The Morgan fingerprint density at radius 2 is 2.07 bits per heavy atom. The van der Waals surface area contributed by atoms with Crippen molar-refractivity contribution in [3.63, 3.8) is 0 Å². The van der Waals surface area contributed by atoms with Gasteiger partial charge < -0.3 is 10.5 Å². The molecule has 0 heterocycles. The predicted molar refractivity (Wildman–Crippen MR) is 57.4 cm³/mol. The molecule has 0 amide bonds. The molecule has 1 aromatic rings. The van der Waals surface area contributed by atoms with Gasteiger partial charge in [0.2, 0.25) is 0 Å². The molecule has 0 spiro atoms. The van der Waals surface area contributed by atoms with Crippen molar-refractivity contribution in [1.82, 2.24) is 0 Å². The van der Waals surface area contributed by atoms with E-state index in [4.69, 9.17) is 10.5 Å². The van der Waals surface area contributed by atoms with Crippen molar-refractivity contribution in [2.24, 2.45) is 5.73 Å². The van der Waals surface area contributed by atoms with E-state index in [9.17, 15) is 4.39 Å². The average Bonchev–Trinajstić information content (AvgIpc) is 2.13. The van der Waals surface area contributed by atoms with Crippen LogP contribution in [0.4, 0.5) is 4.39 Å². The second-order valence-corrected chi connectivity index (χ2v) is 4.33. The molecule has 1 aliphatic rings. The first-order valence-electron chi connectivity index (χ1n) is 5.20. The molecule has 1 aromatic carbocycles. The summed E-state index contributed by atoms with van der Waals surface area (Å²) >= 11 is 0. The Morgan fingerprint density at radius 3 is 2.53 bits per heavy atom. The lowest BCUT2D eigenvalue weighted by molar-refractivity contribution is 0.235. The number of rotatable bonds is 2. The van der Waals surface area contributed by atoms with Crippen molar-refractivity contribution in [2.75, 3.05) is 7.11 Å². The minimum Gasteiger partial charge on any atom is -0.496 e. The lowest BCUT2D eigenvalue weighted by Crippen LogP contribution is -2.44. The van der Waals surface area contributed by atoms with Crippen molar-refractivity contribution in [1.29, 1.82) is 0 Å². The number of methoxy groups -OCH3 is 1. The fourth-order valence-corrected chi connectivity index (χ4v) is 2.16. The molecule has 1 aliphatic carbocycles. The summed E-state index contributed by atoms with van der Waals surface area (Å²) in [6.45, 7) is 1.85. The number of ether oxygens (including phenoxy) is 1. The lowest BCUT2D eigenvalue weighted by atomic mass is 9.72. The molecule has 2 N–H and O–H groups in total. The Bertz CT molecular complexity index is 385. The van der Waals surface area contributed by atoms with Crippen LogP contribution in [0.1, 0.15) is 30.4 Å². The van der Waals surface area contributed by atoms with Gasteiger partial charge in [-0.15, -0.1) is 0 Å². The quantitative estimate of drug-likeness (QED) is 0.812. The van der Waals surface area contributed by atoms with Gasteiger partial charge in [0.1, 0.15) is 11.6 Å². The van der Waals surface area contributed by atoms with E-state index in [-0.39, 0.29) is 5.82 Å². The number of hydrogen-bond acceptors (Lipinski definition) is 2. The molecule has 0 atom stereocenters. The zero-order chi connectivity index (χ0) is 11.1. The Morgan fingerprint density at radius 1 is 1.40 bits per heavy atom. The van der Waals surface area contributed by atoms with Crippen LogP contribution in [0, 0.1) is 12.7 Å². The van der Waals surface area contributed by atoms with Crippen LogP contribution in [0.5, 0.6) is 5.75 Å². The van der Waals surface area contributed by atoms with E-state index in [0.717, 1.165) is 24.8 Å². The zero-order valence-electron chi connectivity index (χ0n) is 9.14. The highest BCUT2D eigenvalue weighted by atomic mass is 19.1. The monoisotopic (exact) mass is 209 g/mol. The third kappa shape index (κ3) is 1.61. The molecule has 2 rings (SSSR count). The Balaban J connectivity index is 2.53. The third-order valence-electron chi connectivity index (χ3n) is 3.16. The average molecular weight is 209 g/mol. The van der Waals surface area contributed by atoms with Crippen LogP contribution >= 0.6 is 0 Å². The molecule has 0 aliphatic heterocycles. The van der Waals surface area contributed by atoms with Crippen molar-refractivity contribution >= 4 is 0 Å². The highest BCUT2D eigenvalue weighted by Gasteiger charge is 2.39. The van der Waals surface area contributed by atoms with Gasteiger partial charge in [0.25, 0.3) is 0 Å². The van der Waals surface area contributed by atoms with Crippen molar-refractivity contribution in [3.05, 3.63) is 29.1 Å². The van der Waals surface area contributed by atoms with Gasteiger partial charge in [-0.1, -0.05) is 0 Å². The Hall–Kier alpha value is -1.09. The van der Waals surface area contributed by atoms with Gasteiger partial charge in [0.05, 0.1) is 7.11 Å². The first-order chi connectivity index (χ1) is 7.07. The maximum atomic E-state index is 13.9. The smallest absolute Gasteiger partial charge is 0.132 e. The minimum absolute atomic E-state index is 0.242. The van der Waals surface area contributed by atoms with E-state index in [0.29, 0.717) is 11.3 Å². The van der Waals surface area contributed by atoms with E-state index < -0.39 is 5.54 Å². The molecule has 0 saturated heterocycles. The SMILES string of the molecule is COc1cc(C)cc(F)c1C1(N)CCC1. The van der Waals surface area contributed by atoms with Crippen LogP contribution < -0.4 is 10.5 Å². The fraction of sp³-hybridized carbons (Fsp3) is 0.500. The number of halogens is 1. The summed E-state index contributed by atoms with van der Waals surface area (Å²) in [5.74, 6) is 0.337. The number of hydrogen-bond donors (Lipinski definition) is 1. The second-order valence-electron chi connectivity index (χ2n) is 4.33. The van der Waals surface area contributed by atoms with Crippen molar-refractivity contribution < 1.29 is 9.13 Å². The van der Waals surface area contributed by atoms with E-state index in [1.54, 1.807) is 7.11 Å². The summed E-state index contributed by atoms with van der Waals surface area (Å²) < 4.78 is 19.1. The number of aryl methyl sites for hydroxylation is 1. The van der Waals surface area contributed by atoms with Gasteiger partial charge in [-0.3, -0.25) is 0 Å². The van der Waals surface area contributed by atoms with Crippen LogP contribution in [0.15, 0.2) is 12.1 Å². The molecule has 0 radical (unpaired) electrons. The van der Waals surface area contributed by atoms with Crippen LogP contribution in [-0.4, -0.2) is 7.11 Å². The molecule has 2 nitrogen and oxygen atoms in total. The van der Waals surface area contributed by atoms with Gasteiger partial charge in [-0.05, 0) is 43.9 Å². The molecular weight excluding hydrogens is 193 g/mol. The molecule has 0 aromatic heterocycles. The number of benzene rings is 1. The van der Waals surface area contributed by atoms with Crippen LogP contribution in [0.2, 0.25) is 0 Å². The van der Waals surface area contributed by atoms with Gasteiger partial charge in [0, 0.05) is 11.1 Å². The summed E-state index contributed by atoms with van der Waals surface area (Å²) in [7, 11) is 1.56. The van der Waals surface area contributed by atoms with Gasteiger partial charge in [-0.25, -0.2) is 4.39 Å². The largest absolute Gasteiger partial charge is 0.496 e. The summed E-state index contributed by atoms with van der Waals surface area (Å²) in [6.07, 6.45) is 2.74. The first-order valence-corrected chi connectivity index (χ1v) is 5.20. The van der Waals surface area contributed by atoms with Crippen molar-refractivity contribution in [3.8, 4) is 5.75 Å². The zero-order valence-corrected chi connectivity index (χ0v) is 9.14. The maximum absolute atomic E-state index is 13.9. The standard InChI is InChI=1S/C12H16FNO/c1-8-6-9(13)11(10(7-8)15-2)12(14)4-3-5-12/h6-7H,3-5,14H2,1-2H3. The summed E-state index contributed by atoms with van der Waals surface area (Å²) in [5, 5.41) is 0. The second kappa shape index (κ2) is 3.49. The molecule has 15 heavy (non-hydrogen) atoms. The normalized spacial score (nSPS) is 18.4. The maximum Gasteiger partial charge on any atom is 0.132 e.